The molecular formula is C13H18N2O5S. The van der Waals surface area contributed by atoms with Gasteiger partial charge in [-0.2, -0.15) is 4.31 Å². The number of nitrogens with zero attached hydrogens (tertiary/aromatic N) is 1. The van der Waals surface area contributed by atoms with E-state index < -0.39 is 16.0 Å². The minimum absolute atomic E-state index is 0.181. The molecule has 21 heavy (non-hydrogen) atoms. The fraction of sp³-hybridized carbons (Fsp3) is 0.462. The van der Waals surface area contributed by atoms with Gasteiger partial charge < -0.3 is 15.6 Å². The third-order valence-electron chi connectivity index (χ3n) is 3.24. The Morgan fingerprint density at radius 3 is 2.43 bits per heavy atom. The standard InChI is InChI=1S/C13H18N2O5S/c1-8-6-15(7-9(2)20-8)21(18,19)12-5-10(14)3-4-11(12)13(16)17/h3-5,8-9H,6-7,14H2,1-2H3,(H,16,17). The van der Waals surface area contributed by atoms with E-state index in [4.69, 9.17) is 10.5 Å². The number of hydrogen-bond acceptors (Lipinski definition) is 5. The monoisotopic (exact) mass is 314 g/mol. The highest BCUT2D eigenvalue weighted by molar-refractivity contribution is 7.89. The first-order valence-electron chi connectivity index (χ1n) is 6.50. The lowest BCUT2D eigenvalue weighted by Gasteiger charge is -2.34. The molecule has 2 atom stereocenters. The average Bonchev–Trinajstić information content (AvgIpc) is 2.37. The number of ether oxygens (including phenoxy) is 1. The highest BCUT2D eigenvalue weighted by atomic mass is 32.2. The van der Waals surface area contributed by atoms with Gasteiger partial charge in [-0.15, -0.1) is 0 Å². The first-order valence-corrected chi connectivity index (χ1v) is 7.94. The summed E-state index contributed by atoms with van der Waals surface area (Å²) in [4.78, 5) is 11.0. The predicted octanol–water partition coefficient (Wildman–Crippen LogP) is 0.765. The van der Waals surface area contributed by atoms with Crippen LogP contribution in [-0.2, 0) is 14.8 Å². The van der Waals surface area contributed by atoms with Crippen molar-refractivity contribution in [3.8, 4) is 0 Å². The van der Waals surface area contributed by atoms with Gasteiger partial charge in [0.25, 0.3) is 0 Å². The second-order valence-corrected chi connectivity index (χ2v) is 7.05. The first-order chi connectivity index (χ1) is 9.71. The summed E-state index contributed by atoms with van der Waals surface area (Å²) in [7, 11) is -3.93. The highest BCUT2D eigenvalue weighted by Crippen LogP contribution is 2.25. The Morgan fingerprint density at radius 2 is 1.90 bits per heavy atom. The van der Waals surface area contributed by atoms with E-state index in [1.165, 1.54) is 22.5 Å². The van der Waals surface area contributed by atoms with Gasteiger partial charge in [0.2, 0.25) is 10.0 Å². The minimum atomic E-state index is -3.93. The van der Waals surface area contributed by atoms with Crippen molar-refractivity contribution in [3.05, 3.63) is 23.8 Å². The number of hydrogen-bond donors (Lipinski definition) is 2. The van der Waals surface area contributed by atoms with Gasteiger partial charge in [0.15, 0.2) is 0 Å². The van der Waals surface area contributed by atoms with E-state index in [0.717, 1.165) is 0 Å². The van der Waals surface area contributed by atoms with Gasteiger partial charge in [0.1, 0.15) is 0 Å². The number of nitrogen functional groups attached to an aromatic ring is 1. The number of carboxylic acids is 1. The van der Waals surface area contributed by atoms with Crippen molar-refractivity contribution in [2.24, 2.45) is 0 Å². The van der Waals surface area contributed by atoms with Crippen LogP contribution in [0.5, 0.6) is 0 Å². The number of anilines is 1. The lowest BCUT2D eigenvalue weighted by atomic mass is 10.2. The second-order valence-electron chi connectivity index (χ2n) is 5.14. The van der Waals surface area contributed by atoms with Gasteiger partial charge in [-0.1, -0.05) is 0 Å². The zero-order chi connectivity index (χ0) is 15.8. The van der Waals surface area contributed by atoms with Crippen LogP contribution in [-0.4, -0.2) is 49.1 Å². The summed E-state index contributed by atoms with van der Waals surface area (Å²) in [5.74, 6) is -1.30. The molecule has 1 saturated heterocycles. The van der Waals surface area contributed by atoms with Gasteiger partial charge in [-0.3, -0.25) is 0 Å². The van der Waals surface area contributed by atoms with E-state index in [9.17, 15) is 18.3 Å². The maximum Gasteiger partial charge on any atom is 0.337 e. The smallest absolute Gasteiger partial charge is 0.337 e. The number of sulfonamides is 1. The maximum atomic E-state index is 12.7. The minimum Gasteiger partial charge on any atom is -0.478 e. The van der Waals surface area contributed by atoms with Crippen LogP contribution in [0.2, 0.25) is 0 Å². The predicted molar refractivity (Wildman–Crippen MR) is 76.6 cm³/mol. The van der Waals surface area contributed by atoms with E-state index >= 15 is 0 Å². The normalized spacial score (nSPS) is 23.9. The van der Waals surface area contributed by atoms with Crippen molar-refractivity contribution in [1.29, 1.82) is 0 Å². The van der Waals surface area contributed by atoms with Crippen molar-refractivity contribution in [2.45, 2.75) is 31.0 Å². The molecule has 1 aromatic carbocycles. The molecule has 1 aliphatic rings. The molecular weight excluding hydrogens is 296 g/mol. The van der Waals surface area contributed by atoms with E-state index in [0.29, 0.717) is 0 Å². The zero-order valence-electron chi connectivity index (χ0n) is 11.8. The van der Waals surface area contributed by atoms with Crippen molar-refractivity contribution in [2.75, 3.05) is 18.8 Å². The Labute approximate surface area is 123 Å². The van der Waals surface area contributed by atoms with Crippen LogP contribution in [0.4, 0.5) is 5.69 Å². The number of benzene rings is 1. The molecule has 0 aromatic heterocycles. The molecule has 1 heterocycles. The third-order valence-corrected chi connectivity index (χ3v) is 5.11. The van der Waals surface area contributed by atoms with Crippen LogP contribution in [0.15, 0.2) is 23.1 Å². The van der Waals surface area contributed by atoms with Crippen LogP contribution >= 0.6 is 0 Å². The van der Waals surface area contributed by atoms with Gasteiger partial charge in [-0.25, -0.2) is 13.2 Å². The molecule has 8 heteroatoms. The van der Waals surface area contributed by atoms with Crippen molar-refractivity contribution >= 4 is 21.7 Å². The van der Waals surface area contributed by atoms with Crippen LogP contribution in [0.25, 0.3) is 0 Å². The third kappa shape index (κ3) is 3.17. The topological polar surface area (TPSA) is 110 Å². The van der Waals surface area contributed by atoms with Crippen LogP contribution in [0, 0.1) is 0 Å². The molecule has 0 aliphatic carbocycles. The lowest BCUT2D eigenvalue weighted by Crippen LogP contribution is -2.48. The molecule has 2 rings (SSSR count). The highest BCUT2D eigenvalue weighted by Gasteiger charge is 2.34. The van der Waals surface area contributed by atoms with E-state index in [1.54, 1.807) is 13.8 Å². The SMILES string of the molecule is CC1CN(S(=O)(=O)c2cc(N)ccc2C(=O)O)CC(C)O1. The summed E-state index contributed by atoms with van der Waals surface area (Å²) in [5, 5.41) is 9.17. The van der Waals surface area contributed by atoms with Crippen LogP contribution in [0.1, 0.15) is 24.2 Å². The fourth-order valence-electron chi connectivity index (χ4n) is 2.40. The molecule has 0 spiro atoms. The van der Waals surface area contributed by atoms with Gasteiger partial charge in [-0.05, 0) is 32.0 Å². The maximum absolute atomic E-state index is 12.7. The Balaban J connectivity index is 2.49. The molecule has 116 valence electrons. The van der Waals surface area contributed by atoms with E-state index in [1.807, 2.05) is 0 Å². The Morgan fingerprint density at radius 1 is 1.33 bits per heavy atom. The molecule has 0 saturated carbocycles. The van der Waals surface area contributed by atoms with E-state index in [-0.39, 0.29) is 41.4 Å². The fourth-order valence-corrected chi connectivity index (χ4v) is 4.20. The largest absolute Gasteiger partial charge is 0.478 e. The summed E-state index contributed by atoms with van der Waals surface area (Å²) >= 11 is 0. The van der Waals surface area contributed by atoms with Crippen molar-refractivity contribution in [1.82, 2.24) is 4.31 Å². The Hall–Kier alpha value is -1.64. The molecule has 1 aliphatic heterocycles. The molecule has 0 amide bonds. The summed E-state index contributed by atoms with van der Waals surface area (Å²) in [6, 6.07) is 3.76. The quantitative estimate of drug-likeness (QED) is 0.797. The lowest BCUT2D eigenvalue weighted by molar-refractivity contribution is -0.0440. The number of aromatic carboxylic acids is 1. The Bertz CT molecular complexity index is 649. The van der Waals surface area contributed by atoms with Crippen molar-refractivity contribution < 1.29 is 23.1 Å². The molecule has 2 unspecified atom stereocenters. The summed E-state index contributed by atoms with van der Waals surface area (Å²) < 4.78 is 32.2. The number of carbonyl (C=O) groups is 1. The molecule has 0 radical (unpaired) electrons. The average molecular weight is 314 g/mol. The molecule has 1 fully saturated rings. The first kappa shape index (κ1) is 15.7. The summed E-state index contributed by atoms with van der Waals surface area (Å²) in [5.41, 5.74) is 5.53. The second kappa shape index (κ2) is 5.63. The number of nitrogens with two attached hydrogens (primary N) is 1. The summed E-state index contributed by atoms with van der Waals surface area (Å²) in [6.45, 7) is 3.91. The van der Waals surface area contributed by atoms with Gasteiger partial charge in [0.05, 0.1) is 22.7 Å². The van der Waals surface area contributed by atoms with Gasteiger partial charge in [0, 0.05) is 18.8 Å². The molecule has 0 bridgehead atoms. The molecule has 3 N–H and O–H groups in total. The van der Waals surface area contributed by atoms with Crippen LogP contribution < -0.4 is 5.73 Å². The number of rotatable bonds is 3. The van der Waals surface area contributed by atoms with E-state index in [2.05, 4.69) is 0 Å². The molecule has 1 aromatic rings. The number of carboxylic acid groups (broad SMARTS) is 1. The Kier molecular flexibility index (Phi) is 4.22. The molecule has 7 nitrogen and oxygen atoms in total. The van der Waals surface area contributed by atoms with Crippen molar-refractivity contribution in [3.63, 3.8) is 0 Å². The van der Waals surface area contributed by atoms with Gasteiger partial charge >= 0.3 is 5.97 Å². The number of morpholine rings is 1. The van der Waals surface area contributed by atoms with Crippen LogP contribution in [0.3, 0.4) is 0 Å². The summed E-state index contributed by atoms with van der Waals surface area (Å²) in [6.07, 6.45) is -0.504. The zero-order valence-corrected chi connectivity index (χ0v) is 12.6.